The summed E-state index contributed by atoms with van der Waals surface area (Å²) in [6, 6.07) is 18.5. The first-order valence-corrected chi connectivity index (χ1v) is 6.50. The van der Waals surface area contributed by atoms with Crippen molar-refractivity contribution in [2.45, 2.75) is 19.3 Å². The summed E-state index contributed by atoms with van der Waals surface area (Å²) in [5.41, 5.74) is 6.75. The van der Waals surface area contributed by atoms with Gasteiger partial charge >= 0.3 is 0 Å². The van der Waals surface area contributed by atoms with E-state index >= 15 is 0 Å². The van der Waals surface area contributed by atoms with Gasteiger partial charge in [-0.1, -0.05) is 54.6 Å². The van der Waals surface area contributed by atoms with Crippen LogP contribution in [0, 0.1) is 0 Å². The van der Waals surface area contributed by atoms with Crippen LogP contribution >= 0.6 is 0 Å². The van der Waals surface area contributed by atoms with Crippen molar-refractivity contribution in [3.63, 3.8) is 0 Å². The summed E-state index contributed by atoms with van der Waals surface area (Å²) in [6.07, 6.45) is 0. The minimum atomic E-state index is 0.105. The van der Waals surface area contributed by atoms with Crippen molar-refractivity contribution in [2.24, 2.45) is 0 Å². The molecular weight excluding hydrogens is 238 g/mol. The molecule has 1 N–H and O–H groups in total. The molecule has 0 aromatic heterocycles. The summed E-state index contributed by atoms with van der Waals surface area (Å²) in [7, 11) is 0. The maximum Gasteiger partial charge on any atom is 0.0933 e. The first-order chi connectivity index (χ1) is 9.43. The van der Waals surface area contributed by atoms with Crippen LogP contribution < -0.4 is 5.48 Å². The Balaban J connectivity index is 1.59. The van der Waals surface area contributed by atoms with Crippen molar-refractivity contribution < 1.29 is 9.57 Å². The number of hydrogen-bond acceptors (Lipinski definition) is 3. The molecular formula is C16H17NO2. The highest BCUT2D eigenvalue weighted by Crippen LogP contribution is 2.24. The van der Waals surface area contributed by atoms with E-state index in [2.05, 4.69) is 23.7 Å². The van der Waals surface area contributed by atoms with Crippen LogP contribution in [0.4, 0.5) is 0 Å². The predicted molar refractivity (Wildman–Crippen MR) is 73.2 cm³/mol. The maximum atomic E-state index is 5.59. The van der Waals surface area contributed by atoms with Crippen LogP contribution in [0.15, 0.2) is 54.6 Å². The molecule has 0 amide bonds. The van der Waals surface area contributed by atoms with Gasteiger partial charge in [-0.05, 0) is 16.7 Å². The number of fused-ring (bicyclic) bond motifs is 1. The van der Waals surface area contributed by atoms with E-state index in [1.165, 1.54) is 11.1 Å². The van der Waals surface area contributed by atoms with Crippen LogP contribution in [0.1, 0.15) is 22.7 Å². The Labute approximate surface area is 113 Å². The summed E-state index contributed by atoms with van der Waals surface area (Å²) in [5, 5.41) is 0. The van der Waals surface area contributed by atoms with Gasteiger partial charge in [-0.3, -0.25) is 4.84 Å². The Morgan fingerprint density at radius 2 is 1.84 bits per heavy atom. The molecule has 0 saturated carbocycles. The van der Waals surface area contributed by atoms with Gasteiger partial charge in [0.15, 0.2) is 0 Å². The lowest BCUT2D eigenvalue weighted by Gasteiger charge is -2.26. The number of ether oxygens (including phenoxy) is 1. The van der Waals surface area contributed by atoms with E-state index in [0.29, 0.717) is 19.8 Å². The van der Waals surface area contributed by atoms with Gasteiger partial charge in [0.2, 0.25) is 0 Å². The molecule has 0 fully saturated rings. The quantitative estimate of drug-likeness (QED) is 0.852. The van der Waals surface area contributed by atoms with Crippen molar-refractivity contribution in [1.82, 2.24) is 5.48 Å². The fourth-order valence-electron chi connectivity index (χ4n) is 2.28. The van der Waals surface area contributed by atoms with Crippen LogP contribution in [0.25, 0.3) is 0 Å². The van der Waals surface area contributed by atoms with Crippen LogP contribution in [0.3, 0.4) is 0 Å². The smallest absolute Gasteiger partial charge is 0.0933 e. The molecule has 2 aromatic carbocycles. The topological polar surface area (TPSA) is 30.5 Å². The van der Waals surface area contributed by atoms with Crippen LogP contribution in [0.5, 0.6) is 0 Å². The van der Waals surface area contributed by atoms with Gasteiger partial charge in [0.1, 0.15) is 0 Å². The maximum absolute atomic E-state index is 5.59. The Hall–Kier alpha value is -1.68. The monoisotopic (exact) mass is 255 g/mol. The van der Waals surface area contributed by atoms with Crippen molar-refractivity contribution in [1.29, 1.82) is 0 Å². The number of rotatable bonds is 4. The third-order valence-electron chi connectivity index (χ3n) is 3.28. The molecule has 98 valence electrons. The third-order valence-corrected chi connectivity index (χ3v) is 3.28. The zero-order chi connectivity index (χ0) is 12.9. The summed E-state index contributed by atoms with van der Waals surface area (Å²) in [6.45, 7) is 1.89. The van der Waals surface area contributed by atoms with Crippen molar-refractivity contribution >= 4 is 0 Å². The summed E-state index contributed by atoms with van der Waals surface area (Å²) in [5.74, 6) is 0. The first kappa shape index (κ1) is 12.4. The standard InChI is InChI=1S/C16H17NO2/c1-2-6-13(7-3-1)10-19-17-16-12-18-11-14-8-4-5-9-15(14)16/h1-9,16-17H,10-12H2. The normalized spacial score (nSPS) is 18.0. The fourth-order valence-corrected chi connectivity index (χ4v) is 2.28. The average molecular weight is 255 g/mol. The average Bonchev–Trinajstić information content (AvgIpc) is 2.49. The molecule has 0 saturated heterocycles. The van der Waals surface area contributed by atoms with Crippen molar-refractivity contribution in [3.8, 4) is 0 Å². The number of nitrogens with one attached hydrogen (secondary N) is 1. The van der Waals surface area contributed by atoms with Gasteiger partial charge in [0, 0.05) is 0 Å². The summed E-state index contributed by atoms with van der Waals surface area (Å²) < 4.78 is 5.57. The Morgan fingerprint density at radius 1 is 1.05 bits per heavy atom. The molecule has 1 aliphatic rings. The van der Waals surface area contributed by atoms with Gasteiger partial charge < -0.3 is 4.74 Å². The number of benzene rings is 2. The van der Waals surface area contributed by atoms with E-state index in [1.54, 1.807) is 0 Å². The SMILES string of the molecule is c1ccc(CONC2COCc3ccccc32)cc1. The molecule has 0 spiro atoms. The second-order valence-corrected chi connectivity index (χ2v) is 4.66. The molecule has 1 unspecified atom stereocenters. The molecule has 0 aliphatic carbocycles. The second-order valence-electron chi connectivity index (χ2n) is 4.66. The molecule has 19 heavy (non-hydrogen) atoms. The van der Waals surface area contributed by atoms with Crippen molar-refractivity contribution in [3.05, 3.63) is 71.3 Å². The molecule has 3 nitrogen and oxygen atoms in total. The first-order valence-electron chi connectivity index (χ1n) is 6.50. The molecule has 1 atom stereocenters. The van der Waals surface area contributed by atoms with E-state index in [1.807, 2.05) is 36.4 Å². The fraction of sp³-hybridized carbons (Fsp3) is 0.250. The van der Waals surface area contributed by atoms with Crippen LogP contribution in [-0.2, 0) is 22.8 Å². The lowest BCUT2D eigenvalue weighted by Crippen LogP contribution is -2.29. The molecule has 0 radical (unpaired) electrons. The van der Waals surface area contributed by atoms with Crippen LogP contribution in [0.2, 0.25) is 0 Å². The minimum absolute atomic E-state index is 0.105. The molecule has 1 aliphatic heterocycles. The summed E-state index contributed by atoms with van der Waals surface area (Å²) >= 11 is 0. The van der Waals surface area contributed by atoms with Crippen LogP contribution in [-0.4, -0.2) is 6.61 Å². The highest BCUT2D eigenvalue weighted by molar-refractivity contribution is 5.30. The Kier molecular flexibility index (Phi) is 3.89. The largest absolute Gasteiger partial charge is 0.375 e. The highest BCUT2D eigenvalue weighted by atomic mass is 16.6. The van der Waals surface area contributed by atoms with Gasteiger partial charge in [0.25, 0.3) is 0 Å². The lowest BCUT2D eigenvalue weighted by atomic mass is 10.00. The van der Waals surface area contributed by atoms with E-state index < -0.39 is 0 Å². The zero-order valence-corrected chi connectivity index (χ0v) is 10.7. The van der Waals surface area contributed by atoms with E-state index in [0.717, 1.165) is 5.56 Å². The van der Waals surface area contributed by atoms with E-state index in [4.69, 9.17) is 9.57 Å². The molecule has 3 heteroatoms. The van der Waals surface area contributed by atoms with Gasteiger partial charge in [-0.2, -0.15) is 5.48 Å². The van der Waals surface area contributed by atoms with Gasteiger partial charge in [-0.15, -0.1) is 0 Å². The molecule has 3 rings (SSSR count). The van der Waals surface area contributed by atoms with Gasteiger partial charge in [-0.25, -0.2) is 0 Å². The zero-order valence-electron chi connectivity index (χ0n) is 10.7. The molecule has 1 heterocycles. The Morgan fingerprint density at radius 3 is 2.74 bits per heavy atom. The second kappa shape index (κ2) is 5.97. The van der Waals surface area contributed by atoms with E-state index in [-0.39, 0.29) is 6.04 Å². The molecule has 2 aromatic rings. The highest BCUT2D eigenvalue weighted by Gasteiger charge is 2.19. The lowest BCUT2D eigenvalue weighted by molar-refractivity contribution is -0.0329. The molecule has 0 bridgehead atoms. The summed E-state index contributed by atoms with van der Waals surface area (Å²) in [4.78, 5) is 5.59. The predicted octanol–water partition coefficient (Wildman–Crippen LogP) is 2.98. The third kappa shape index (κ3) is 3.01. The number of hydroxylamine groups is 1. The minimum Gasteiger partial charge on any atom is -0.375 e. The van der Waals surface area contributed by atoms with E-state index in [9.17, 15) is 0 Å². The Bertz CT molecular complexity index is 527. The van der Waals surface area contributed by atoms with Crippen molar-refractivity contribution in [2.75, 3.05) is 6.61 Å². The van der Waals surface area contributed by atoms with Gasteiger partial charge in [0.05, 0.1) is 25.9 Å². The number of hydrogen-bond donors (Lipinski definition) is 1.